The first-order valence-electron chi connectivity index (χ1n) is 2.39. The van der Waals surface area contributed by atoms with Gasteiger partial charge in [0.1, 0.15) is 0 Å². The second-order valence-electron chi connectivity index (χ2n) is 1.44. The molecule has 52 valence electrons. The summed E-state index contributed by atoms with van der Waals surface area (Å²) in [6.45, 7) is 1.23. The van der Waals surface area contributed by atoms with Crippen LogP contribution in [0.3, 0.4) is 0 Å². The topological polar surface area (TPSA) is 43.4 Å². The number of alkyl halides is 1. The monoisotopic (exact) mass is 150 g/mol. The minimum Gasteiger partial charge on any atom is -0.454 e. The number of rotatable bonds is 3. The van der Waals surface area contributed by atoms with E-state index < -0.39 is 12.1 Å². The van der Waals surface area contributed by atoms with Crippen LogP contribution in [0.15, 0.2) is 0 Å². The minimum atomic E-state index is -0.788. The summed E-state index contributed by atoms with van der Waals surface area (Å²) in [6, 6.07) is 0. The molecule has 0 saturated carbocycles. The molecule has 1 unspecified atom stereocenters. The average molecular weight is 151 g/mol. The molecular weight excluding hydrogens is 144 g/mol. The molecule has 0 spiro atoms. The third-order valence-electron chi connectivity index (χ3n) is 0.621. The summed E-state index contributed by atoms with van der Waals surface area (Å²) in [5.74, 6) is -0.476. The fraction of sp³-hybridized carbons (Fsp3) is 0.600. The van der Waals surface area contributed by atoms with E-state index in [0.29, 0.717) is 6.29 Å². The third-order valence-corrected chi connectivity index (χ3v) is 0.925. The fourth-order valence-corrected chi connectivity index (χ4v) is 0.445. The molecule has 1 atom stereocenters. The van der Waals surface area contributed by atoms with Crippen molar-refractivity contribution in [2.24, 2.45) is 0 Å². The largest absolute Gasteiger partial charge is 0.454 e. The molecule has 0 aliphatic heterocycles. The molecule has 0 fully saturated rings. The van der Waals surface area contributed by atoms with Gasteiger partial charge in [0.25, 0.3) is 0 Å². The van der Waals surface area contributed by atoms with Crippen molar-refractivity contribution in [2.75, 3.05) is 5.88 Å². The molecule has 3 nitrogen and oxygen atoms in total. The zero-order valence-corrected chi connectivity index (χ0v) is 5.72. The van der Waals surface area contributed by atoms with Gasteiger partial charge in [-0.25, -0.2) is 0 Å². The fourth-order valence-electron chi connectivity index (χ4n) is 0.309. The summed E-state index contributed by atoms with van der Waals surface area (Å²) in [4.78, 5) is 20.0. The Morgan fingerprint density at radius 2 is 2.44 bits per heavy atom. The summed E-state index contributed by atoms with van der Waals surface area (Å²) in [5.41, 5.74) is 0. The molecule has 0 saturated heterocycles. The van der Waals surface area contributed by atoms with Gasteiger partial charge in [-0.1, -0.05) is 0 Å². The van der Waals surface area contributed by atoms with E-state index in [9.17, 15) is 9.59 Å². The molecule has 0 aromatic rings. The number of carbonyl (C=O) groups excluding carboxylic acids is 2. The van der Waals surface area contributed by atoms with Crippen molar-refractivity contribution in [1.29, 1.82) is 0 Å². The molecule has 0 aromatic carbocycles. The lowest BCUT2D eigenvalue weighted by Crippen LogP contribution is -2.18. The number of hydrogen-bond donors (Lipinski definition) is 0. The second-order valence-corrected chi connectivity index (χ2v) is 1.75. The van der Waals surface area contributed by atoms with Gasteiger partial charge in [-0.2, -0.15) is 0 Å². The van der Waals surface area contributed by atoms with Crippen molar-refractivity contribution >= 4 is 23.9 Å². The van der Waals surface area contributed by atoms with Crippen molar-refractivity contribution in [3.63, 3.8) is 0 Å². The van der Waals surface area contributed by atoms with Crippen molar-refractivity contribution in [3.8, 4) is 0 Å². The van der Waals surface area contributed by atoms with Crippen LogP contribution in [0.5, 0.6) is 0 Å². The molecule has 0 aromatic heterocycles. The van der Waals surface area contributed by atoms with Gasteiger partial charge in [0.2, 0.25) is 0 Å². The molecule has 0 N–H and O–H groups in total. The molecule has 0 bridgehead atoms. The lowest BCUT2D eigenvalue weighted by Gasteiger charge is -2.04. The molecule has 0 rings (SSSR count). The third kappa shape index (κ3) is 3.97. The maximum Gasteiger partial charge on any atom is 0.303 e. The maximum atomic E-state index is 10.1. The predicted octanol–water partition coefficient (Wildman–Crippen LogP) is 0.356. The van der Waals surface area contributed by atoms with Crippen LogP contribution in [0.1, 0.15) is 6.92 Å². The standard InChI is InChI=1S/C5H7ClO3/c1-4(8)9-5(2-6)3-7/h3,5H,2H2,1H3. The second kappa shape index (κ2) is 4.32. The molecule has 9 heavy (non-hydrogen) atoms. The van der Waals surface area contributed by atoms with Gasteiger partial charge in [-0.3, -0.25) is 9.59 Å². The number of esters is 1. The highest BCUT2D eigenvalue weighted by atomic mass is 35.5. The van der Waals surface area contributed by atoms with Crippen LogP contribution in [0.2, 0.25) is 0 Å². The molecule has 0 amide bonds. The Kier molecular flexibility index (Phi) is 4.05. The van der Waals surface area contributed by atoms with Crippen LogP contribution >= 0.6 is 11.6 Å². The van der Waals surface area contributed by atoms with Crippen LogP contribution in [0.4, 0.5) is 0 Å². The van der Waals surface area contributed by atoms with Crippen LogP contribution < -0.4 is 0 Å². The van der Waals surface area contributed by atoms with E-state index in [2.05, 4.69) is 4.74 Å². The van der Waals surface area contributed by atoms with Crippen LogP contribution in [-0.2, 0) is 14.3 Å². The van der Waals surface area contributed by atoms with E-state index in [4.69, 9.17) is 11.6 Å². The van der Waals surface area contributed by atoms with E-state index in [1.807, 2.05) is 0 Å². The van der Waals surface area contributed by atoms with Gasteiger partial charge in [-0.05, 0) is 0 Å². The minimum absolute atomic E-state index is 0.0169. The summed E-state index contributed by atoms with van der Waals surface area (Å²) in [6.07, 6.45) is -0.293. The zero-order valence-electron chi connectivity index (χ0n) is 4.96. The maximum absolute atomic E-state index is 10.1. The smallest absolute Gasteiger partial charge is 0.303 e. The number of halogens is 1. The highest BCUT2D eigenvalue weighted by molar-refractivity contribution is 6.19. The van der Waals surface area contributed by atoms with Crippen LogP contribution in [0, 0.1) is 0 Å². The van der Waals surface area contributed by atoms with E-state index >= 15 is 0 Å². The van der Waals surface area contributed by atoms with Gasteiger partial charge < -0.3 is 4.74 Å². The summed E-state index contributed by atoms with van der Waals surface area (Å²) in [5, 5.41) is 0. The molecular formula is C5H7ClO3. The highest BCUT2D eigenvalue weighted by Gasteiger charge is 2.06. The van der Waals surface area contributed by atoms with E-state index in [0.717, 1.165) is 0 Å². The summed E-state index contributed by atoms with van der Waals surface area (Å²) in [7, 11) is 0. The Hall–Kier alpha value is -0.570. The average Bonchev–Trinajstić information content (AvgIpc) is 1.82. The van der Waals surface area contributed by atoms with Gasteiger partial charge in [0, 0.05) is 6.92 Å². The van der Waals surface area contributed by atoms with Crippen LogP contribution in [-0.4, -0.2) is 24.2 Å². The lowest BCUT2D eigenvalue weighted by molar-refractivity contribution is -0.148. The Morgan fingerprint density at radius 3 is 2.56 bits per heavy atom. The number of hydrogen-bond acceptors (Lipinski definition) is 3. The first-order valence-corrected chi connectivity index (χ1v) is 2.92. The first-order chi connectivity index (χ1) is 4.20. The van der Waals surface area contributed by atoms with Crippen molar-refractivity contribution in [2.45, 2.75) is 13.0 Å². The Bertz CT molecular complexity index is 113. The molecule has 0 aliphatic carbocycles. The SMILES string of the molecule is CC(=O)OC(C=O)CCl. The number of carbonyl (C=O) groups is 2. The molecule has 0 aliphatic rings. The molecule has 4 heteroatoms. The van der Waals surface area contributed by atoms with Gasteiger partial charge in [0.15, 0.2) is 12.4 Å². The Morgan fingerprint density at radius 1 is 1.89 bits per heavy atom. The van der Waals surface area contributed by atoms with Gasteiger partial charge >= 0.3 is 5.97 Å². The molecule has 0 radical (unpaired) electrons. The van der Waals surface area contributed by atoms with Crippen molar-refractivity contribution in [1.82, 2.24) is 0 Å². The lowest BCUT2D eigenvalue weighted by atomic mass is 10.4. The number of ether oxygens (including phenoxy) is 1. The van der Waals surface area contributed by atoms with Crippen molar-refractivity contribution < 1.29 is 14.3 Å². The van der Waals surface area contributed by atoms with Gasteiger partial charge in [-0.15, -0.1) is 11.6 Å². The van der Waals surface area contributed by atoms with Gasteiger partial charge in [0.05, 0.1) is 5.88 Å². The zero-order chi connectivity index (χ0) is 7.28. The van der Waals surface area contributed by atoms with E-state index in [1.165, 1.54) is 6.92 Å². The normalized spacial score (nSPS) is 12.2. The van der Waals surface area contributed by atoms with Crippen molar-refractivity contribution in [3.05, 3.63) is 0 Å². The summed E-state index contributed by atoms with van der Waals surface area (Å²) >= 11 is 5.20. The highest BCUT2D eigenvalue weighted by Crippen LogP contribution is 1.91. The Balaban J connectivity index is 3.55. The Labute approximate surface area is 57.9 Å². The predicted molar refractivity (Wildman–Crippen MR) is 32.3 cm³/mol. The molecule has 0 heterocycles. The number of aldehydes is 1. The first kappa shape index (κ1) is 8.43. The summed E-state index contributed by atoms with van der Waals surface area (Å²) < 4.78 is 4.41. The van der Waals surface area contributed by atoms with E-state index in [-0.39, 0.29) is 5.88 Å². The quantitative estimate of drug-likeness (QED) is 0.331. The van der Waals surface area contributed by atoms with E-state index in [1.54, 1.807) is 0 Å². The van der Waals surface area contributed by atoms with Crippen LogP contribution in [0.25, 0.3) is 0 Å².